The van der Waals surface area contributed by atoms with E-state index in [1.807, 2.05) is 55.4 Å². The summed E-state index contributed by atoms with van der Waals surface area (Å²) in [6, 6.07) is 16.0. The molecule has 0 radical (unpaired) electrons. The molecule has 1 aromatic heterocycles. The van der Waals surface area contributed by atoms with Crippen molar-refractivity contribution < 1.29 is 0 Å². The average Bonchev–Trinajstić information content (AvgIpc) is 3.18. The SMILES string of the molecule is Cc1cnc(Nc2cccc(SN3CCCC3)c2)nc1Nc1cccc(N)c1. The number of hydrogen-bond acceptors (Lipinski definition) is 7. The smallest absolute Gasteiger partial charge is 0.229 e. The van der Waals surface area contributed by atoms with Crippen LogP contribution in [0.15, 0.2) is 59.6 Å². The van der Waals surface area contributed by atoms with E-state index in [1.54, 1.807) is 0 Å². The third-order valence-corrected chi connectivity index (χ3v) is 5.60. The van der Waals surface area contributed by atoms with E-state index < -0.39 is 0 Å². The molecule has 1 saturated heterocycles. The molecule has 1 aliphatic rings. The van der Waals surface area contributed by atoms with E-state index in [0.29, 0.717) is 11.6 Å². The van der Waals surface area contributed by atoms with Gasteiger partial charge < -0.3 is 16.4 Å². The molecule has 4 N–H and O–H groups in total. The molecule has 1 fully saturated rings. The van der Waals surface area contributed by atoms with E-state index in [-0.39, 0.29) is 0 Å². The maximum absolute atomic E-state index is 5.86. The number of aryl methyl sites for hydroxylation is 1. The van der Waals surface area contributed by atoms with Gasteiger partial charge in [-0.2, -0.15) is 4.98 Å². The highest BCUT2D eigenvalue weighted by Crippen LogP contribution is 2.29. The van der Waals surface area contributed by atoms with E-state index >= 15 is 0 Å². The van der Waals surface area contributed by atoms with Crippen molar-refractivity contribution in [1.29, 1.82) is 0 Å². The summed E-state index contributed by atoms with van der Waals surface area (Å²) < 4.78 is 2.41. The molecule has 0 atom stereocenters. The number of rotatable bonds is 6. The van der Waals surface area contributed by atoms with Gasteiger partial charge in [-0.1, -0.05) is 12.1 Å². The molecule has 0 bridgehead atoms. The van der Waals surface area contributed by atoms with Gasteiger partial charge in [0, 0.05) is 46.8 Å². The van der Waals surface area contributed by atoms with Crippen molar-refractivity contribution >= 4 is 40.8 Å². The summed E-state index contributed by atoms with van der Waals surface area (Å²) in [5, 5.41) is 6.63. The summed E-state index contributed by atoms with van der Waals surface area (Å²) in [5.74, 6) is 1.31. The van der Waals surface area contributed by atoms with Crippen LogP contribution in [-0.4, -0.2) is 27.4 Å². The molecule has 0 unspecified atom stereocenters. The Labute approximate surface area is 169 Å². The number of anilines is 5. The first-order valence-corrected chi connectivity index (χ1v) is 10.2. The molecule has 0 saturated carbocycles. The fourth-order valence-electron chi connectivity index (χ4n) is 3.07. The monoisotopic (exact) mass is 392 g/mol. The van der Waals surface area contributed by atoms with Gasteiger partial charge in [0.1, 0.15) is 5.82 Å². The second-order valence-electron chi connectivity index (χ2n) is 6.86. The van der Waals surface area contributed by atoms with Crippen molar-refractivity contribution in [3.63, 3.8) is 0 Å². The Bertz CT molecular complexity index is 955. The minimum atomic E-state index is 0.556. The highest BCUT2D eigenvalue weighted by Gasteiger charge is 2.13. The third kappa shape index (κ3) is 4.74. The first-order valence-electron chi connectivity index (χ1n) is 9.42. The van der Waals surface area contributed by atoms with Crippen LogP contribution >= 0.6 is 11.9 Å². The Hall–Kier alpha value is -2.77. The Balaban J connectivity index is 1.49. The van der Waals surface area contributed by atoms with Gasteiger partial charge in [-0.3, -0.25) is 0 Å². The van der Waals surface area contributed by atoms with Gasteiger partial charge in [-0.05, 0) is 68.1 Å². The van der Waals surface area contributed by atoms with E-state index in [4.69, 9.17) is 5.73 Å². The predicted octanol–water partition coefficient (Wildman–Crippen LogP) is 4.96. The molecule has 28 heavy (non-hydrogen) atoms. The maximum Gasteiger partial charge on any atom is 0.229 e. The molecule has 1 aliphatic heterocycles. The van der Waals surface area contributed by atoms with Crippen molar-refractivity contribution in [2.45, 2.75) is 24.7 Å². The molecule has 4 rings (SSSR count). The Morgan fingerprint density at radius 1 is 1.00 bits per heavy atom. The van der Waals surface area contributed by atoms with E-state index in [9.17, 15) is 0 Å². The lowest BCUT2D eigenvalue weighted by atomic mass is 10.2. The van der Waals surface area contributed by atoms with Crippen molar-refractivity contribution in [1.82, 2.24) is 14.3 Å². The topological polar surface area (TPSA) is 79.1 Å². The average molecular weight is 393 g/mol. The summed E-state index contributed by atoms with van der Waals surface area (Å²) in [4.78, 5) is 10.3. The Kier molecular flexibility index (Phi) is 5.64. The normalized spacial score (nSPS) is 14.2. The van der Waals surface area contributed by atoms with Gasteiger partial charge in [-0.25, -0.2) is 9.29 Å². The summed E-state index contributed by atoms with van der Waals surface area (Å²) in [6.45, 7) is 4.29. The standard InChI is InChI=1S/C21H24N6S/c1-15-14-23-21(26-20(15)24-17-7-4-6-16(22)12-17)25-18-8-5-9-19(13-18)28-27-10-2-3-11-27/h4-9,12-14H,2-3,10-11,22H2,1H3,(H2,23,24,25,26). The zero-order valence-electron chi connectivity index (χ0n) is 15.9. The molecular weight excluding hydrogens is 368 g/mol. The van der Waals surface area contributed by atoms with Gasteiger partial charge in [0.2, 0.25) is 5.95 Å². The molecule has 7 heteroatoms. The van der Waals surface area contributed by atoms with Crippen LogP contribution in [0.5, 0.6) is 0 Å². The minimum absolute atomic E-state index is 0.556. The van der Waals surface area contributed by atoms with Gasteiger partial charge in [0.05, 0.1) is 0 Å². The first-order chi connectivity index (χ1) is 13.7. The lowest BCUT2D eigenvalue weighted by Gasteiger charge is -2.14. The number of benzene rings is 2. The number of hydrogen-bond donors (Lipinski definition) is 3. The highest BCUT2D eigenvalue weighted by molar-refractivity contribution is 7.97. The van der Waals surface area contributed by atoms with Gasteiger partial charge in [-0.15, -0.1) is 0 Å². The van der Waals surface area contributed by atoms with Gasteiger partial charge >= 0.3 is 0 Å². The van der Waals surface area contributed by atoms with Crippen LogP contribution in [0.25, 0.3) is 0 Å². The van der Waals surface area contributed by atoms with Crippen molar-refractivity contribution in [3.8, 4) is 0 Å². The highest BCUT2D eigenvalue weighted by atomic mass is 32.2. The molecule has 2 heterocycles. The first kappa shape index (κ1) is 18.6. The van der Waals surface area contributed by atoms with E-state index in [0.717, 1.165) is 35.8 Å². The van der Waals surface area contributed by atoms with E-state index in [1.165, 1.54) is 17.7 Å². The van der Waals surface area contributed by atoms with Crippen LogP contribution in [0.3, 0.4) is 0 Å². The number of nitrogens with two attached hydrogens (primary N) is 1. The summed E-state index contributed by atoms with van der Waals surface area (Å²) in [7, 11) is 0. The molecule has 0 spiro atoms. The molecular formula is C21H24N6S. The summed E-state index contributed by atoms with van der Waals surface area (Å²) >= 11 is 1.81. The lowest BCUT2D eigenvalue weighted by Crippen LogP contribution is -2.08. The molecule has 144 valence electrons. The second kappa shape index (κ2) is 8.50. The van der Waals surface area contributed by atoms with Gasteiger partial charge in [0.15, 0.2) is 0 Å². The molecule has 2 aromatic carbocycles. The third-order valence-electron chi connectivity index (χ3n) is 4.51. The van der Waals surface area contributed by atoms with Crippen LogP contribution in [0.4, 0.5) is 28.8 Å². The van der Waals surface area contributed by atoms with Gasteiger partial charge in [0.25, 0.3) is 0 Å². The Morgan fingerprint density at radius 3 is 2.54 bits per heavy atom. The van der Waals surface area contributed by atoms with Crippen LogP contribution in [0.2, 0.25) is 0 Å². The second-order valence-corrected chi connectivity index (χ2v) is 8.03. The molecule has 0 aliphatic carbocycles. The lowest BCUT2D eigenvalue weighted by molar-refractivity contribution is 0.586. The molecule has 0 amide bonds. The van der Waals surface area contributed by atoms with Crippen molar-refractivity contribution in [2.24, 2.45) is 0 Å². The summed E-state index contributed by atoms with van der Waals surface area (Å²) in [6.07, 6.45) is 4.38. The van der Waals surface area contributed by atoms with Crippen molar-refractivity contribution in [3.05, 3.63) is 60.3 Å². The predicted molar refractivity (Wildman–Crippen MR) is 117 cm³/mol. The van der Waals surface area contributed by atoms with Crippen LogP contribution in [0.1, 0.15) is 18.4 Å². The van der Waals surface area contributed by atoms with Crippen molar-refractivity contribution in [2.75, 3.05) is 29.5 Å². The van der Waals surface area contributed by atoms with Crippen LogP contribution < -0.4 is 16.4 Å². The summed E-state index contributed by atoms with van der Waals surface area (Å²) in [5.41, 5.74) is 9.41. The fraction of sp³-hybridized carbons (Fsp3) is 0.238. The van der Waals surface area contributed by atoms with Crippen LogP contribution in [0, 0.1) is 6.92 Å². The largest absolute Gasteiger partial charge is 0.399 e. The Morgan fingerprint density at radius 2 is 1.75 bits per heavy atom. The van der Waals surface area contributed by atoms with Crippen LogP contribution in [-0.2, 0) is 0 Å². The number of aromatic nitrogens is 2. The zero-order valence-corrected chi connectivity index (χ0v) is 16.7. The van der Waals surface area contributed by atoms with E-state index in [2.05, 4.69) is 43.1 Å². The molecule has 6 nitrogen and oxygen atoms in total. The minimum Gasteiger partial charge on any atom is -0.399 e. The number of nitrogens with zero attached hydrogens (tertiary/aromatic N) is 3. The zero-order chi connectivity index (χ0) is 19.3. The fourth-order valence-corrected chi connectivity index (χ4v) is 4.13. The maximum atomic E-state index is 5.86. The molecule has 3 aromatic rings. The quantitative estimate of drug-likeness (QED) is 0.404. The number of nitrogens with one attached hydrogen (secondary N) is 2. The number of nitrogen functional groups attached to an aromatic ring is 1.